The molecule has 0 aliphatic carbocycles. The molecule has 1 radical (unpaired) electrons. The average molecular weight is 314 g/mol. The Bertz CT molecular complexity index is 415. The zero-order chi connectivity index (χ0) is 14.4. The first-order valence-corrected chi connectivity index (χ1v) is 4.86. The molecule has 0 fully saturated rings. The normalized spacial score (nSPS) is 13.8. The fourth-order valence-electron chi connectivity index (χ4n) is 1.19. The van der Waals surface area contributed by atoms with Gasteiger partial charge in [0.15, 0.2) is 0 Å². The lowest BCUT2D eigenvalue weighted by atomic mass is 9.94. The van der Waals surface area contributed by atoms with Crippen LogP contribution in [0.4, 0.5) is 30.7 Å². The van der Waals surface area contributed by atoms with Gasteiger partial charge < -0.3 is 0 Å². The molecule has 0 spiro atoms. The van der Waals surface area contributed by atoms with E-state index in [-0.39, 0.29) is 12.1 Å². The zero-order valence-corrected chi connectivity index (χ0v) is 9.57. The van der Waals surface area contributed by atoms with Crippen molar-refractivity contribution in [2.24, 2.45) is 0 Å². The summed E-state index contributed by atoms with van der Waals surface area (Å²) >= 11 is 10.4. The van der Waals surface area contributed by atoms with Gasteiger partial charge in [-0.1, -0.05) is 23.2 Å². The summed E-state index contributed by atoms with van der Waals surface area (Å²) in [7, 11) is 0. The van der Waals surface area contributed by atoms with Crippen molar-refractivity contribution in [3.8, 4) is 0 Å². The molecule has 18 heavy (non-hydrogen) atoms. The van der Waals surface area contributed by atoms with Gasteiger partial charge in [0.25, 0.3) is 0 Å². The van der Waals surface area contributed by atoms with Crippen LogP contribution in [-0.2, 0) is 5.67 Å². The van der Waals surface area contributed by atoms with Crippen molar-refractivity contribution < 1.29 is 30.7 Å². The molecule has 0 aliphatic rings. The summed E-state index contributed by atoms with van der Waals surface area (Å²) in [5.74, 6) is 0. The molecule has 0 heterocycles. The molecular formula is C9H2Cl2F7. The first-order chi connectivity index (χ1) is 7.89. The number of benzene rings is 1. The van der Waals surface area contributed by atoms with Gasteiger partial charge in [-0.15, -0.1) is 0 Å². The van der Waals surface area contributed by atoms with E-state index < -0.39 is 33.6 Å². The first-order valence-electron chi connectivity index (χ1n) is 4.11. The first kappa shape index (κ1) is 15.4. The summed E-state index contributed by atoms with van der Waals surface area (Å²) in [5.41, 5.74) is -7.28. The number of rotatable bonds is 1. The molecule has 0 saturated carbocycles. The third-order valence-corrected chi connectivity index (χ3v) is 2.39. The Morgan fingerprint density at radius 3 is 1.39 bits per heavy atom. The molecule has 0 nitrogen and oxygen atoms in total. The molecule has 9 heteroatoms. The number of hydrogen-bond acceptors (Lipinski definition) is 0. The fraction of sp³-hybridized carbons (Fsp3) is 0.333. The number of alkyl halides is 7. The predicted molar refractivity (Wildman–Crippen MR) is 50.2 cm³/mol. The minimum Gasteiger partial charge on any atom is -0.218 e. The zero-order valence-electron chi connectivity index (χ0n) is 8.06. The molecule has 101 valence electrons. The molecule has 1 aromatic rings. The highest BCUT2D eigenvalue weighted by Gasteiger charge is 2.73. The Kier molecular flexibility index (Phi) is 3.80. The summed E-state index contributed by atoms with van der Waals surface area (Å²) in [6.07, 6.45) is -12.4. The monoisotopic (exact) mass is 313 g/mol. The summed E-state index contributed by atoms with van der Waals surface area (Å²) in [6, 6.07) is 2.37. The summed E-state index contributed by atoms with van der Waals surface area (Å²) < 4.78 is 87.7. The van der Waals surface area contributed by atoms with Gasteiger partial charge in [-0.3, -0.25) is 0 Å². The number of halogens is 9. The van der Waals surface area contributed by atoms with E-state index in [0.29, 0.717) is 0 Å². The van der Waals surface area contributed by atoms with Crippen molar-refractivity contribution in [3.05, 3.63) is 33.8 Å². The molecule has 0 saturated heterocycles. The lowest BCUT2D eigenvalue weighted by Gasteiger charge is -2.30. The van der Waals surface area contributed by atoms with Gasteiger partial charge in [0.1, 0.15) is 0 Å². The van der Waals surface area contributed by atoms with Gasteiger partial charge >= 0.3 is 18.0 Å². The SMILES string of the molecule is FC(F)(F)C(F)(c1cc(Cl)[c]c(Cl)c1)C(F)(F)F. The highest BCUT2D eigenvalue weighted by Crippen LogP contribution is 2.53. The van der Waals surface area contributed by atoms with E-state index in [1.54, 1.807) is 0 Å². The van der Waals surface area contributed by atoms with Crippen LogP contribution in [0.1, 0.15) is 5.56 Å². The van der Waals surface area contributed by atoms with Crippen LogP contribution in [-0.4, -0.2) is 12.4 Å². The fourth-order valence-corrected chi connectivity index (χ4v) is 1.67. The van der Waals surface area contributed by atoms with Gasteiger partial charge in [0, 0.05) is 11.6 Å². The lowest BCUT2D eigenvalue weighted by Crippen LogP contribution is -2.50. The van der Waals surface area contributed by atoms with Crippen LogP contribution in [0.2, 0.25) is 10.0 Å². The van der Waals surface area contributed by atoms with E-state index in [0.717, 1.165) is 0 Å². The third kappa shape index (κ3) is 2.51. The molecule has 0 aliphatic heterocycles. The molecule has 0 bridgehead atoms. The number of hydrogen-bond donors (Lipinski definition) is 0. The smallest absolute Gasteiger partial charge is 0.218 e. The quantitative estimate of drug-likeness (QED) is 0.634. The minimum absolute atomic E-state index is 0.175. The minimum atomic E-state index is -6.20. The lowest BCUT2D eigenvalue weighted by molar-refractivity contribution is -0.348. The maximum Gasteiger partial charge on any atom is 0.435 e. The molecule has 0 atom stereocenters. The second-order valence-electron chi connectivity index (χ2n) is 3.22. The van der Waals surface area contributed by atoms with E-state index in [1.165, 1.54) is 0 Å². The van der Waals surface area contributed by atoms with Crippen LogP contribution in [0.3, 0.4) is 0 Å². The topological polar surface area (TPSA) is 0 Å². The average Bonchev–Trinajstić information content (AvgIpc) is 2.11. The highest BCUT2D eigenvalue weighted by molar-refractivity contribution is 6.34. The van der Waals surface area contributed by atoms with E-state index in [2.05, 4.69) is 0 Å². The van der Waals surface area contributed by atoms with Gasteiger partial charge in [-0.2, -0.15) is 26.3 Å². The van der Waals surface area contributed by atoms with Gasteiger partial charge in [-0.25, -0.2) is 4.39 Å². The Labute approximate surface area is 106 Å². The van der Waals surface area contributed by atoms with E-state index in [4.69, 9.17) is 23.2 Å². The Morgan fingerprint density at radius 2 is 1.11 bits per heavy atom. The maximum absolute atomic E-state index is 13.5. The third-order valence-electron chi connectivity index (χ3n) is 1.98. The van der Waals surface area contributed by atoms with Crippen molar-refractivity contribution in [2.75, 3.05) is 0 Å². The van der Waals surface area contributed by atoms with Crippen molar-refractivity contribution in [2.45, 2.75) is 18.0 Å². The van der Waals surface area contributed by atoms with Gasteiger partial charge in [0.2, 0.25) is 0 Å². The summed E-state index contributed by atoms with van der Waals surface area (Å²) in [5, 5.41) is -1.32. The largest absolute Gasteiger partial charge is 0.435 e. The Balaban J connectivity index is 3.55. The molecule has 0 N–H and O–H groups in total. The van der Waals surface area contributed by atoms with E-state index >= 15 is 0 Å². The molecule has 0 unspecified atom stereocenters. The van der Waals surface area contributed by atoms with Crippen molar-refractivity contribution in [1.82, 2.24) is 0 Å². The molecule has 1 aromatic carbocycles. The summed E-state index contributed by atoms with van der Waals surface area (Å²) in [4.78, 5) is 0. The van der Waals surface area contributed by atoms with Crippen LogP contribution in [0.5, 0.6) is 0 Å². The van der Waals surface area contributed by atoms with E-state index in [1.807, 2.05) is 6.07 Å². The molecule has 0 amide bonds. The van der Waals surface area contributed by atoms with Crippen molar-refractivity contribution >= 4 is 23.2 Å². The van der Waals surface area contributed by atoms with E-state index in [9.17, 15) is 30.7 Å². The van der Waals surface area contributed by atoms with Crippen molar-refractivity contribution in [1.29, 1.82) is 0 Å². The second kappa shape index (κ2) is 4.45. The van der Waals surface area contributed by atoms with Crippen LogP contribution < -0.4 is 0 Å². The van der Waals surface area contributed by atoms with Gasteiger partial charge in [0.05, 0.1) is 10.0 Å². The molecular weight excluding hydrogens is 312 g/mol. The maximum atomic E-state index is 13.5. The summed E-state index contributed by atoms with van der Waals surface area (Å²) in [6.45, 7) is 0. The Morgan fingerprint density at radius 1 is 0.778 bits per heavy atom. The van der Waals surface area contributed by atoms with Crippen LogP contribution in [0, 0.1) is 6.07 Å². The standard InChI is InChI=1S/C9H2Cl2F7/c10-5-1-4(2-6(11)3-5)7(12,8(13,14)15)9(16,17)18/h1-2H. The highest BCUT2D eigenvalue weighted by atomic mass is 35.5. The van der Waals surface area contributed by atoms with Crippen LogP contribution >= 0.6 is 23.2 Å². The molecule has 0 aromatic heterocycles. The van der Waals surface area contributed by atoms with Crippen molar-refractivity contribution in [3.63, 3.8) is 0 Å². The van der Waals surface area contributed by atoms with Crippen LogP contribution in [0.25, 0.3) is 0 Å². The predicted octanol–water partition coefficient (Wildman–Crippen LogP) is 5.08. The van der Waals surface area contributed by atoms with Gasteiger partial charge in [-0.05, 0) is 12.1 Å². The van der Waals surface area contributed by atoms with Crippen LogP contribution in [0.15, 0.2) is 12.1 Å². The second-order valence-corrected chi connectivity index (χ2v) is 4.03. The Hall–Kier alpha value is -0.690. The molecule has 1 rings (SSSR count).